The molecule has 1 saturated carbocycles. The minimum absolute atomic E-state index is 0.568. The van der Waals surface area contributed by atoms with Crippen LogP contribution in [0.4, 0.5) is 0 Å². The summed E-state index contributed by atoms with van der Waals surface area (Å²) in [5.41, 5.74) is 1.59. The van der Waals surface area contributed by atoms with Gasteiger partial charge in [-0.25, -0.2) is 4.99 Å². The molecule has 1 N–H and O–H groups in total. The number of nitrogens with zero attached hydrogens (tertiary/aromatic N) is 3. The lowest BCUT2D eigenvalue weighted by atomic mass is 9.68. The molecule has 1 aliphatic carbocycles. The average molecular weight is 290 g/mol. The molecule has 3 rings (SSSR count). The Labute approximate surface area is 126 Å². The Kier molecular flexibility index (Phi) is 4.17. The predicted octanol–water partition coefficient (Wildman–Crippen LogP) is 2.58. The van der Waals surface area contributed by atoms with E-state index in [0.29, 0.717) is 12.0 Å². The van der Waals surface area contributed by atoms with Gasteiger partial charge in [0.15, 0.2) is 11.7 Å². The number of aryl methyl sites for hydroxylation is 1. The van der Waals surface area contributed by atoms with E-state index in [1.54, 1.807) is 0 Å². The standard InChI is InChI=1S/C16H26N4O/c1-3-13-10-14(21-19-13)11-18-15(17-4-2)20-9-8-16(12-20)6-5-7-16/h10H,3-9,11-12H2,1-2H3,(H,17,18). The third-order valence-electron chi connectivity index (χ3n) is 4.84. The van der Waals surface area contributed by atoms with E-state index in [1.165, 1.54) is 25.7 Å². The molecule has 1 spiro atoms. The SMILES string of the molecule is CCNC(=NCc1cc(CC)no1)N1CCC2(CCC2)C1. The van der Waals surface area contributed by atoms with Gasteiger partial charge in [0.25, 0.3) is 0 Å². The molecule has 1 aromatic rings. The van der Waals surface area contributed by atoms with Crippen LogP contribution in [0.2, 0.25) is 0 Å². The first-order valence-corrected chi connectivity index (χ1v) is 8.22. The van der Waals surface area contributed by atoms with Crippen LogP contribution in [0, 0.1) is 5.41 Å². The summed E-state index contributed by atoms with van der Waals surface area (Å²) in [5, 5.41) is 7.44. The van der Waals surface area contributed by atoms with E-state index < -0.39 is 0 Å². The van der Waals surface area contributed by atoms with Crippen molar-refractivity contribution in [1.82, 2.24) is 15.4 Å². The Morgan fingerprint density at radius 3 is 2.86 bits per heavy atom. The van der Waals surface area contributed by atoms with Crippen LogP contribution in [0.3, 0.4) is 0 Å². The molecule has 0 radical (unpaired) electrons. The molecule has 0 atom stereocenters. The van der Waals surface area contributed by atoms with Crippen LogP contribution in [-0.2, 0) is 13.0 Å². The average Bonchev–Trinajstić information content (AvgIpc) is 3.09. The van der Waals surface area contributed by atoms with Crippen LogP contribution in [-0.4, -0.2) is 35.7 Å². The summed E-state index contributed by atoms with van der Waals surface area (Å²) in [5.74, 6) is 1.87. The van der Waals surface area contributed by atoms with E-state index in [-0.39, 0.29) is 0 Å². The maximum absolute atomic E-state index is 5.32. The number of guanidine groups is 1. The monoisotopic (exact) mass is 290 g/mol. The first-order chi connectivity index (χ1) is 10.2. The second-order valence-electron chi connectivity index (χ2n) is 6.33. The van der Waals surface area contributed by atoms with Crippen molar-refractivity contribution in [3.05, 3.63) is 17.5 Å². The quantitative estimate of drug-likeness (QED) is 0.684. The highest BCUT2D eigenvalue weighted by molar-refractivity contribution is 5.80. The van der Waals surface area contributed by atoms with Gasteiger partial charge >= 0.3 is 0 Å². The van der Waals surface area contributed by atoms with Gasteiger partial charge in [-0.1, -0.05) is 18.5 Å². The van der Waals surface area contributed by atoms with Gasteiger partial charge in [0.2, 0.25) is 0 Å². The lowest BCUT2D eigenvalue weighted by Crippen LogP contribution is -2.42. The molecule has 0 aromatic carbocycles. The van der Waals surface area contributed by atoms with Gasteiger partial charge < -0.3 is 14.7 Å². The highest BCUT2D eigenvalue weighted by atomic mass is 16.5. The fraction of sp³-hybridized carbons (Fsp3) is 0.750. The molecule has 2 aliphatic rings. The van der Waals surface area contributed by atoms with Crippen molar-refractivity contribution in [3.63, 3.8) is 0 Å². The number of aromatic nitrogens is 1. The summed E-state index contributed by atoms with van der Waals surface area (Å²) >= 11 is 0. The molecule has 1 saturated heterocycles. The molecule has 2 heterocycles. The van der Waals surface area contributed by atoms with Crippen LogP contribution < -0.4 is 5.32 Å². The molecular weight excluding hydrogens is 264 g/mol. The van der Waals surface area contributed by atoms with Gasteiger partial charge in [0, 0.05) is 25.7 Å². The van der Waals surface area contributed by atoms with E-state index in [1.807, 2.05) is 6.07 Å². The third-order valence-corrected chi connectivity index (χ3v) is 4.84. The second kappa shape index (κ2) is 6.08. The van der Waals surface area contributed by atoms with Crippen molar-refractivity contribution in [2.45, 2.75) is 52.5 Å². The van der Waals surface area contributed by atoms with Gasteiger partial charge in [-0.2, -0.15) is 0 Å². The molecule has 2 fully saturated rings. The van der Waals surface area contributed by atoms with Crippen LogP contribution in [0.5, 0.6) is 0 Å². The zero-order valence-electron chi connectivity index (χ0n) is 13.2. The maximum atomic E-state index is 5.32. The van der Waals surface area contributed by atoms with Crippen LogP contribution in [0.1, 0.15) is 51.0 Å². The summed E-state index contributed by atoms with van der Waals surface area (Å²) < 4.78 is 5.32. The Balaban J connectivity index is 1.64. The lowest BCUT2D eigenvalue weighted by Gasteiger charge is -2.38. The van der Waals surface area contributed by atoms with Crippen LogP contribution >= 0.6 is 0 Å². The largest absolute Gasteiger partial charge is 0.359 e. The highest BCUT2D eigenvalue weighted by Gasteiger charge is 2.43. The van der Waals surface area contributed by atoms with Gasteiger partial charge in [0.1, 0.15) is 6.54 Å². The van der Waals surface area contributed by atoms with E-state index >= 15 is 0 Å². The van der Waals surface area contributed by atoms with Crippen molar-refractivity contribution in [2.75, 3.05) is 19.6 Å². The molecule has 5 nitrogen and oxygen atoms in total. The third kappa shape index (κ3) is 3.06. The van der Waals surface area contributed by atoms with E-state index in [9.17, 15) is 0 Å². The number of likely N-dealkylation sites (tertiary alicyclic amines) is 1. The normalized spacial score (nSPS) is 20.9. The minimum Gasteiger partial charge on any atom is -0.359 e. The summed E-state index contributed by atoms with van der Waals surface area (Å²) in [6.45, 7) is 7.96. The van der Waals surface area contributed by atoms with Crippen molar-refractivity contribution in [1.29, 1.82) is 0 Å². The zero-order valence-corrected chi connectivity index (χ0v) is 13.2. The van der Waals surface area contributed by atoms with Gasteiger partial charge in [0.05, 0.1) is 5.69 Å². The number of hydrogen-bond acceptors (Lipinski definition) is 3. The van der Waals surface area contributed by atoms with E-state index in [0.717, 1.165) is 43.5 Å². The van der Waals surface area contributed by atoms with Crippen LogP contribution in [0.25, 0.3) is 0 Å². The molecule has 0 amide bonds. The molecule has 1 aliphatic heterocycles. The van der Waals surface area contributed by atoms with Crippen LogP contribution in [0.15, 0.2) is 15.6 Å². The lowest BCUT2D eigenvalue weighted by molar-refractivity contribution is 0.151. The number of hydrogen-bond donors (Lipinski definition) is 1. The van der Waals surface area contributed by atoms with Crippen molar-refractivity contribution in [3.8, 4) is 0 Å². The van der Waals surface area contributed by atoms with Gasteiger partial charge in [-0.3, -0.25) is 0 Å². The number of aliphatic imine (C=N–C) groups is 1. The van der Waals surface area contributed by atoms with Gasteiger partial charge in [-0.15, -0.1) is 0 Å². The molecule has 0 unspecified atom stereocenters. The Hall–Kier alpha value is -1.52. The Morgan fingerprint density at radius 2 is 2.29 bits per heavy atom. The summed E-state index contributed by atoms with van der Waals surface area (Å²) in [7, 11) is 0. The number of nitrogens with one attached hydrogen (secondary N) is 1. The summed E-state index contributed by atoms with van der Waals surface area (Å²) in [6.07, 6.45) is 6.41. The Bertz CT molecular complexity index is 504. The van der Waals surface area contributed by atoms with Crippen molar-refractivity contribution < 1.29 is 4.52 Å². The first kappa shape index (κ1) is 14.4. The molecule has 1 aromatic heterocycles. The van der Waals surface area contributed by atoms with E-state index in [4.69, 9.17) is 9.52 Å². The number of rotatable bonds is 4. The topological polar surface area (TPSA) is 53.7 Å². The molecule has 21 heavy (non-hydrogen) atoms. The fourth-order valence-corrected chi connectivity index (χ4v) is 3.38. The molecule has 0 bridgehead atoms. The van der Waals surface area contributed by atoms with Crippen molar-refractivity contribution >= 4 is 5.96 Å². The zero-order chi connectivity index (χ0) is 14.7. The summed E-state index contributed by atoms with van der Waals surface area (Å²) in [4.78, 5) is 7.15. The van der Waals surface area contributed by atoms with Crippen molar-refractivity contribution in [2.24, 2.45) is 10.4 Å². The van der Waals surface area contributed by atoms with Gasteiger partial charge in [-0.05, 0) is 38.0 Å². The van der Waals surface area contributed by atoms with E-state index in [2.05, 4.69) is 29.2 Å². The molecule has 116 valence electrons. The minimum atomic E-state index is 0.568. The highest BCUT2D eigenvalue weighted by Crippen LogP contribution is 2.47. The summed E-state index contributed by atoms with van der Waals surface area (Å²) in [6, 6.07) is 2.00. The predicted molar refractivity (Wildman–Crippen MR) is 83.2 cm³/mol. The first-order valence-electron chi connectivity index (χ1n) is 8.22. The second-order valence-corrected chi connectivity index (χ2v) is 6.33. The Morgan fingerprint density at radius 1 is 1.43 bits per heavy atom. The smallest absolute Gasteiger partial charge is 0.194 e. The maximum Gasteiger partial charge on any atom is 0.194 e. The molecular formula is C16H26N4O. The fourth-order valence-electron chi connectivity index (χ4n) is 3.38. The molecule has 5 heteroatoms.